The van der Waals surface area contributed by atoms with Crippen LogP contribution in [-0.4, -0.2) is 0 Å². The zero-order valence-corrected chi connectivity index (χ0v) is 17.9. The van der Waals surface area contributed by atoms with Crippen LogP contribution in [0.2, 0.25) is 0 Å². The normalized spacial score (nSPS) is 11.4. The topological polar surface area (TPSA) is 104 Å². The lowest BCUT2D eigenvalue weighted by Gasteiger charge is -2.37. The molecule has 0 aliphatic carbocycles. The lowest BCUT2D eigenvalue weighted by atomic mass is 9.65. The molecular formula is C25H23BrN4. The van der Waals surface area contributed by atoms with Crippen molar-refractivity contribution >= 4 is 38.7 Å². The van der Waals surface area contributed by atoms with E-state index in [1.165, 1.54) is 0 Å². The zero-order chi connectivity index (χ0) is 21.3. The Hall–Kier alpha value is -3.44. The maximum absolute atomic E-state index is 6.25. The van der Waals surface area contributed by atoms with E-state index in [1.54, 1.807) is 0 Å². The molecule has 4 aromatic rings. The predicted molar refractivity (Wildman–Crippen MR) is 130 cm³/mol. The molecule has 0 radical (unpaired) electrons. The van der Waals surface area contributed by atoms with E-state index < -0.39 is 5.41 Å². The average molecular weight is 459 g/mol. The molecule has 4 aromatic carbocycles. The van der Waals surface area contributed by atoms with Gasteiger partial charge in [-0.25, -0.2) is 0 Å². The lowest BCUT2D eigenvalue weighted by Crippen LogP contribution is -2.31. The van der Waals surface area contributed by atoms with Gasteiger partial charge < -0.3 is 22.9 Å². The summed E-state index contributed by atoms with van der Waals surface area (Å²) >= 11 is 3.55. The second kappa shape index (κ2) is 7.76. The standard InChI is InChI=1S/C25H23BrN4/c26-20-10-6-17(7-11-20)25(16-4-2-1-3-5-16,18-8-12-21(27)23(29)14-18)19-9-13-22(28)24(30)15-19/h1-15H,27-30H2. The fourth-order valence-electron chi connectivity index (χ4n) is 4.00. The third-order valence-electron chi connectivity index (χ3n) is 5.52. The Bertz CT molecular complexity index is 1140. The van der Waals surface area contributed by atoms with Gasteiger partial charge >= 0.3 is 0 Å². The number of rotatable bonds is 4. The molecule has 0 saturated heterocycles. The second-order valence-corrected chi connectivity index (χ2v) is 8.23. The number of nitrogen functional groups attached to an aromatic ring is 4. The molecule has 0 bridgehead atoms. The maximum atomic E-state index is 6.25. The van der Waals surface area contributed by atoms with Crippen molar-refractivity contribution in [3.63, 3.8) is 0 Å². The molecule has 0 heterocycles. The van der Waals surface area contributed by atoms with E-state index in [1.807, 2.05) is 66.7 Å². The smallest absolute Gasteiger partial charge is 0.0703 e. The molecule has 0 aliphatic rings. The van der Waals surface area contributed by atoms with Crippen LogP contribution >= 0.6 is 15.9 Å². The highest BCUT2D eigenvalue weighted by Gasteiger charge is 2.38. The van der Waals surface area contributed by atoms with Gasteiger partial charge in [-0.3, -0.25) is 0 Å². The minimum atomic E-state index is -0.661. The Morgan fingerprint density at radius 1 is 0.467 bits per heavy atom. The highest BCUT2D eigenvalue weighted by molar-refractivity contribution is 9.10. The molecule has 0 spiro atoms. The van der Waals surface area contributed by atoms with Crippen LogP contribution in [0, 0.1) is 0 Å². The van der Waals surface area contributed by atoms with Crippen LogP contribution < -0.4 is 22.9 Å². The summed E-state index contributed by atoms with van der Waals surface area (Å²) in [7, 11) is 0. The summed E-state index contributed by atoms with van der Waals surface area (Å²) in [6.45, 7) is 0. The highest BCUT2D eigenvalue weighted by Crippen LogP contribution is 2.47. The fourth-order valence-corrected chi connectivity index (χ4v) is 4.27. The molecule has 8 N–H and O–H groups in total. The van der Waals surface area contributed by atoms with Crippen molar-refractivity contribution < 1.29 is 0 Å². The fraction of sp³-hybridized carbons (Fsp3) is 0.0400. The number of nitrogens with two attached hydrogens (primary N) is 4. The van der Waals surface area contributed by atoms with E-state index in [9.17, 15) is 0 Å². The minimum Gasteiger partial charge on any atom is -0.397 e. The summed E-state index contributed by atoms with van der Waals surface area (Å²) in [6, 6.07) is 30.2. The Kier molecular flexibility index (Phi) is 5.14. The third-order valence-corrected chi connectivity index (χ3v) is 6.05. The molecule has 0 amide bonds. The Morgan fingerprint density at radius 3 is 1.37 bits per heavy atom. The van der Waals surface area contributed by atoms with Crippen molar-refractivity contribution in [2.24, 2.45) is 0 Å². The van der Waals surface area contributed by atoms with Crippen molar-refractivity contribution in [3.8, 4) is 0 Å². The number of benzene rings is 4. The van der Waals surface area contributed by atoms with E-state index in [0.29, 0.717) is 22.7 Å². The van der Waals surface area contributed by atoms with E-state index >= 15 is 0 Å². The van der Waals surface area contributed by atoms with Crippen molar-refractivity contribution in [3.05, 3.63) is 118 Å². The van der Waals surface area contributed by atoms with E-state index in [0.717, 1.165) is 26.7 Å². The maximum Gasteiger partial charge on any atom is 0.0703 e. The second-order valence-electron chi connectivity index (χ2n) is 7.31. The van der Waals surface area contributed by atoms with Crippen LogP contribution in [-0.2, 0) is 5.41 Å². The van der Waals surface area contributed by atoms with Gasteiger partial charge in [-0.2, -0.15) is 0 Å². The van der Waals surface area contributed by atoms with Crippen molar-refractivity contribution in [2.45, 2.75) is 5.41 Å². The Balaban J connectivity index is 2.16. The molecule has 0 aromatic heterocycles. The lowest BCUT2D eigenvalue weighted by molar-refractivity contribution is 0.746. The van der Waals surface area contributed by atoms with Crippen molar-refractivity contribution in [2.75, 3.05) is 22.9 Å². The Labute approximate surface area is 184 Å². The summed E-state index contributed by atoms with van der Waals surface area (Å²) in [4.78, 5) is 0. The molecule has 0 saturated carbocycles. The van der Waals surface area contributed by atoms with Gasteiger partial charge in [0, 0.05) is 4.47 Å². The van der Waals surface area contributed by atoms with Crippen LogP contribution in [0.15, 0.2) is 95.5 Å². The van der Waals surface area contributed by atoms with Crippen LogP contribution in [0.4, 0.5) is 22.7 Å². The SMILES string of the molecule is Nc1ccc(C(c2ccccc2)(c2ccc(Br)cc2)c2ccc(N)c(N)c2)cc1N. The van der Waals surface area contributed by atoms with Crippen molar-refractivity contribution in [1.82, 2.24) is 0 Å². The molecule has 0 unspecified atom stereocenters. The zero-order valence-electron chi connectivity index (χ0n) is 16.3. The Morgan fingerprint density at radius 2 is 0.900 bits per heavy atom. The van der Waals surface area contributed by atoms with E-state index in [4.69, 9.17) is 22.9 Å². The minimum absolute atomic E-state index is 0.535. The summed E-state index contributed by atoms with van der Waals surface area (Å²) in [6.07, 6.45) is 0. The van der Waals surface area contributed by atoms with E-state index in [-0.39, 0.29) is 0 Å². The number of hydrogen-bond acceptors (Lipinski definition) is 4. The van der Waals surface area contributed by atoms with Gasteiger partial charge in [0.25, 0.3) is 0 Å². The molecule has 0 fully saturated rings. The molecule has 4 nitrogen and oxygen atoms in total. The van der Waals surface area contributed by atoms with E-state index in [2.05, 4.69) is 40.2 Å². The molecule has 0 atom stereocenters. The van der Waals surface area contributed by atoms with Gasteiger partial charge in [0.05, 0.1) is 28.2 Å². The van der Waals surface area contributed by atoms with Gasteiger partial charge in [-0.05, 0) is 58.7 Å². The average Bonchev–Trinajstić information content (AvgIpc) is 2.75. The largest absolute Gasteiger partial charge is 0.397 e. The summed E-state index contributed by atoms with van der Waals surface area (Å²) in [5, 5.41) is 0. The quantitative estimate of drug-likeness (QED) is 0.250. The first kappa shape index (κ1) is 19.9. The van der Waals surface area contributed by atoms with Gasteiger partial charge in [0.2, 0.25) is 0 Å². The van der Waals surface area contributed by atoms with Crippen molar-refractivity contribution in [1.29, 1.82) is 0 Å². The molecule has 30 heavy (non-hydrogen) atoms. The summed E-state index contributed by atoms with van der Waals surface area (Å²) in [5.74, 6) is 0. The van der Waals surface area contributed by atoms with Crippen LogP contribution in [0.25, 0.3) is 0 Å². The van der Waals surface area contributed by atoms with Gasteiger partial charge in [0.1, 0.15) is 0 Å². The molecule has 0 aliphatic heterocycles. The molecular weight excluding hydrogens is 436 g/mol. The van der Waals surface area contributed by atoms with Gasteiger partial charge in [-0.1, -0.05) is 70.5 Å². The van der Waals surface area contributed by atoms with Crippen LogP contribution in [0.3, 0.4) is 0 Å². The number of anilines is 4. The third kappa shape index (κ3) is 3.27. The summed E-state index contributed by atoms with van der Waals surface area (Å²) in [5.41, 5.74) is 30.2. The van der Waals surface area contributed by atoms with Gasteiger partial charge in [0.15, 0.2) is 0 Å². The molecule has 150 valence electrons. The summed E-state index contributed by atoms with van der Waals surface area (Å²) < 4.78 is 1.00. The highest BCUT2D eigenvalue weighted by atomic mass is 79.9. The first-order valence-electron chi connectivity index (χ1n) is 9.55. The van der Waals surface area contributed by atoms with Crippen LogP contribution in [0.5, 0.6) is 0 Å². The predicted octanol–water partition coefficient (Wildman–Crippen LogP) is 5.16. The number of hydrogen-bond donors (Lipinski definition) is 4. The van der Waals surface area contributed by atoms with Crippen LogP contribution in [0.1, 0.15) is 22.3 Å². The molecule has 5 heteroatoms. The van der Waals surface area contributed by atoms with Gasteiger partial charge in [-0.15, -0.1) is 0 Å². The first-order chi connectivity index (χ1) is 14.4. The first-order valence-corrected chi connectivity index (χ1v) is 10.3. The number of halogens is 1. The molecule has 4 rings (SSSR count). The monoisotopic (exact) mass is 458 g/mol.